The lowest BCUT2D eigenvalue weighted by Crippen LogP contribution is -2.67. The number of ether oxygens (including phenoxy) is 2. The van der Waals surface area contributed by atoms with E-state index in [9.17, 15) is 27.9 Å². The summed E-state index contributed by atoms with van der Waals surface area (Å²) in [6.45, 7) is 10.5. The zero-order chi connectivity index (χ0) is 44.3. The maximum absolute atomic E-state index is 14.8. The molecule has 328 valence electrons. The number of fused-ring (bicyclic) bond motifs is 2. The number of rotatable bonds is 14. The largest absolute Gasteiger partial charge is 0.496 e. The molecule has 2 fully saturated rings. The van der Waals surface area contributed by atoms with Gasteiger partial charge in [-0.3, -0.25) is 15.0 Å². The van der Waals surface area contributed by atoms with E-state index in [1.54, 1.807) is 52.5 Å². The first-order valence-electron chi connectivity index (χ1n) is 20.5. The number of nitrogens with one attached hydrogen (secondary N) is 5. The number of hydrogen-bond donors (Lipinski definition) is 6. The number of benzene rings is 3. The fraction of sp³-hybridized carbons (Fsp3) is 0.477. The fourth-order valence-corrected chi connectivity index (χ4v) is 10.9. The highest BCUT2D eigenvalue weighted by molar-refractivity contribution is 7.90. The van der Waals surface area contributed by atoms with Crippen molar-refractivity contribution in [1.82, 2.24) is 30.6 Å². The molecule has 0 spiro atoms. The summed E-state index contributed by atoms with van der Waals surface area (Å²) in [5.74, 6) is -0.667. The Bertz CT molecular complexity index is 2350. The lowest BCUT2D eigenvalue weighted by Gasteiger charge is -2.45. The molecule has 0 saturated carbocycles. The molecule has 2 aliphatic heterocycles. The number of amides is 3. The topological polar surface area (TPSA) is 212 Å². The van der Waals surface area contributed by atoms with Crippen LogP contribution in [0.15, 0.2) is 65.6 Å². The summed E-state index contributed by atoms with van der Waals surface area (Å²) in [6, 6.07) is 16.6. The van der Waals surface area contributed by atoms with Gasteiger partial charge in [-0.1, -0.05) is 42.5 Å². The third-order valence-electron chi connectivity index (χ3n) is 11.4. The summed E-state index contributed by atoms with van der Waals surface area (Å²) in [7, 11) is -2.60. The molecule has 3 aromatic carbocycles. The predicted octanol–water partition coefficient (Wildman–Crippen LogP) is 5.69. The number of para-hydroxylation sites is 1. The van der Waals surface area contributed by atoms with E-state index in [1.807, 2.05) is 54.6 Å². The second-order valence-corrected chi connectivity index (χ2v) is 19.7. The van der Waals surface area contributed by atoms with E-state index in [0.29, 0.717) is 65.1 Å². The van der Waals surface area contributed by atoms with Gasteiger partial charge in [0.05, 0.1) is 28.3 Å². The number of carbonyl (C=O) groups is 3. The van der Waals surface area contributed by atoms with E-state index in [4.69, 9.17) is 14.9 Å². The SMILES string of the molecule is COc1cc(C)c(S(=O)(=O)NC(=N)NCCC[C@H](NC(=O)[C@@H]2CC[C@@H]3CC[C@](Cc4ccccc4)(NC(=O)OC(C)(C)C)C(=O)N32)C(O)c2nc3ccccc3s2)c(C)c1C. The zero-order valence-electron chi connectivity index (χ0n) is 35.8. The Balaban J connectivity index is 1.18. The third-order valence-corrected chi connectivity index (χ3v) is 14.2. The molecule has 3 amide bonds. The van der Waals surface area contributed by atoms with Crippen molar-refractivity contribution in [1.29, 1.82) is 5.41 Å². The lowest BCUT2D eigenvalue weighted by atomic mass is 9.80. The van der Waals surface area contributed by atoms with Crippen LogP contribution in [0.5, 0.6) is 5.75 Å². The molecule has 0 radical (unpaired) electrons. The van der Waals surface area contributed by atoms with E-state index in [-0.39, 0.29) is 36.2 Å². The van der Waals surface area contributed by atoms with Crippen molar-refractivity contribution in [2.45, 2.75) is 127 Å². The van der Waals surface area contributed by atoms with Crippen LogP contribution in [0.2, 0.25) is 0 Å². The number of aliphatic hydroxyl groups excluding tert-OH is 1. The van der Waals surface area contributed by atoms with Crippen LogP contribution in [0.25, 0.3) is 10.2 Å². The van der Waals surface area contributed by atoms with Gasteiger partial charge in [-0.15, -0.1) is 11.3 Å². The minimum Gasteiger partial charge on any atom is -0.496 e. The number of methoxy groups -OCH3 is 1. The molecule has 0 aliphatic carbocycles. The molecule has 4 aromatic rings. The molecule has 17 heteroatoms. The van der Waals surface area contributed by atoms with Crippen molar-refractivity contribution < 1.29 is 37.4 Å². The van der Waals surface area contributed by atoms with Gasteiger partial charge < -0.3 is 35.4 Å². The number of aliphatic hydroxyl groups is 1. The predicted molar refractivity (Wildman–Crippen MR) is 234 cm³/mol. The standard InChI is InChI=1S/C44H57N7O8S2/c1-26-24-34(58-7)27(2)28(3)37(26)61(56,57)50-41(45)46-23-13-17-32(36(52)39-48-31-16-11-12-18-35(31)60-39)47-38(53)33-20-19-30-21-22-44(40(54)51(30)33,25-29-14-9-8-10-15-29)49-42(55)59-43(4,5)6/h8-12,14-16,18,24,30,32-33,36,52H,13,17,19-23,25H2,1-7H3,(H,47,53)(H,49,55)(H3,45,46,50)/t30-,32+,33+,36?,44-/m1/s1. The van der Waals surface area contributed by atoms with E-state index in [0.717, 1.165) is 10.3 Å². The Hall–Kier alpha value is -5.26. The Morgan fingerprint density at radius 2 is 1.75 bits per heavy atom. The maximum atomic E-state index is 14.8. The second kappa shape index (κ2) is 18.4. The molecule has 0 bridgehead atoms. The average Bonchev–Trinajstić information content (AvgIpc) is 3.83. The van der Waals surface area contributed by atoms with Crippen molar-refractivity contribution in [2.75, 3.05) is 13.7 Å². The van der Waals surface area contributed by atoms with Crippen LogP contribution in [0, 0.1) is 26.2 Å². The number of aryl methyl sites for hydroxylation is 1. The van der Waals surface area contributed by atoms with Crippen molar-refractivity contribution >= 4 is 55.4 Å². The summed E-state index contributed by atoms with van der Waals surface area (Å²) in [6.07, 6.45) is 0.722. The van der Waals surface area contributed by atoms with Crippen LogP contribution in [-0.2, 0) is 30.8 Å². The molecule has 3 heterocycles. The molecule has 15 nitrogen and oxygen atoms in total. The molecule has 5 atom stereocenters. The number of thiazole rings is 1. The van der Waals surface area contributed by atoms with Crippen LogP contribution in [0.3, 0.4) is 0 Å². The first kappa shape index (κ1) is 45.3. The monoisotopic (exact) mass is 875 g/mol. The average molecular weight is 876 g/mol. The van der Waals surface area contributed by atoms with E-state index >= 15 is 0 Å². The Morgan fingerprint density at radius 1 is 1.05 bits per heavy atom. The first-order valence-corrected chi connectivity index (χ1v) is 22.8. The number of aromatic nitrogens is 1. The quantitative estimate of drug-likeness (QED) is 0.0518. The van der Waals surface area contributed by atoms with Gasteiger partial charge in [0.25, 0.3) is 10.0 Å². The molecular weight excluding hydrogens is 819 g/mol. The number of nitrogens with zero attached hydrogens (tertiary/aromatic N) is 2. The molecule has 1 unspecified atom stereocenters. The van der Waals surface area contributed by atoms with Gasteiger partial charge >= 0.3 is 6.09 Å². The number of hydrogen-bond acceptors (Lipinski definition) is 11. The number of alkyl carbamates (subject to hydrolysis) is 1. The first-order chi connectivity index (χ1) is 28.8. The van der Waals surface area contributed by atoms with Gasteiger partial charge in [-0.25, -0.2) is 22.9 Å². The highest BCUT2D eigenvalue weighted by Crippen LogP contribution is 2.39. The number of piperidine rings is 1. The van der Waals surface area contributed by atoms with Crippen molar-refractivity contribution in [3.63, 3.8) is 0 Å². The van der Waals surface area contributed by atoms with Gasteiger partial charge in [0.2, 0.25) is 17.8 Å². The molecular formula is C44H57N7O8S2. The van der Waals surface area contributed by atoms with E-state index < -0.39 is 57.3 Å². The van der Waals surface area contributed by atoms with Gasteiger partial charge in [-0.2, -0.15) is 0 Å². The normalized spacial score (nSPS) is 20.1. The molecule has 1 aromatic heterocycles. The summed E-state index contributed by atoms with van der Waals surface area (Å²) in [5, 5.41) is 29.4. The summed E-state index contributed by atoms with van der Waals surface area (Å²) in [5.41, 5.74) is 1.06. The minimum absolute atomic E-state index is 0.0679. The Kier molecular flexibility index (Phi) is 13.6. The van der Waals surface area contributed by atoms with Crippen molar-refractivity contribution in [3.8, 4) is 5.75 Å². The van der Waals surface area contributed by atoms with Gasteiger partial charge in [0, 0.05) is 19.0 Å². The highest BCUT2D eigenvalue weighted by atomic mass is 32.2. The fourth-order valence-electron chi connectivity index (χ4n) is 8.45. The maximum Gasteiger partial charge on any atom is 0.408 e. The molecule has 6 N–H and O–H groups in total. The molecule has 6 rings (SSSR count). The van der Waals surface area contributed by atoms with Gasteiger partial charge in [-0.05, 0) is 121 Å². The highest BCUT2D eigenvalue weighted by Gasteiger charge is 2.54. The molecule has 61 heavy (non-hydrogen) atoms. The van der Waals surface area contributed by atoms with Gasteiger partial charge in [0.1, 0.15) is 34.0 Å². The molecule has 2 aliphatic rings. The lowest BCUT2D eigenvalue weighted by molar-refractivity contribution is -0.150. The smallest absolute Gasteiger partial charge is 0.408 e. The number of carbonyl (C=O) groups excluding carboxylic acids is 3. The van der Waals surface area contributed by atoms with Crippen molar-refractivity contribution in [3.05, 3.63) is 87.9 Å². The number of guanidine groups is 1. The molecule has 2 saturated heterocycles. The Labute approximate surface area is 361 Å². The van der Waals surface area contributed by atoms with Crippen LogP contribution < -0.4 is 25.4 Å². The van der Waals surface area contributed by atoms with Gasteiger partial charge in [0.15, 0.2) is 0 Å². The second-order valence-electron chi connectivity index (χ2n) is 17.0. The van der Waals surface area contributed by atoms with Crippen LogP contribution in [-0.4, -0.2) is 90.2 Å². The van der Waals surface area contributed by atoms with E-state index in [1.165, 1.54) is 18.4 Å². The summed E-state index contributed by atoms with van der Waals surface area (Å²) >= 11 is 1.31. The Morgan fingerprint density at radius 3 is 2.44 bits per heavy atom. The summed E-state index contributed by atoms with van der Waals surface area (Å²) in [4.78, 5) is 48.8. The zero-order valence-corrected chi connectivity index (χ0v) is 37.4. The summed E-state index contributed by atoms with van der Waals surface area (Å²) < 4.78 is 41.1. The van der Waals surface area contributed by atoms with Crippen LogP contribution >= 0.6 is 11.3 Å². The third kappa shape index (κ3) is 10.3. The number of sulfonamides is 1. The van der Waals surface area contributed by atoms with E-state index in [2.05, 4.69) is 25.7 Å². The van der Waals surface area contributed by atoms with Crippen molar-refractivity contribution in [2.24, 2.45) is 0 Å². The van der Waals surface area contributed by atoms with Crippen LogP contribution in [0.1, 0.15) is 92.7 Å². The van der Waals surface area contributed by atoms with Crippen LogP contribution in [0.4, 0.5) is 4.79 Å². The minimum atomic E-state index is -4.12.